The van der Waals surface area contributed by atoms with Crippen molar-refractivity contribution in [1.29, 1.82) is 0 Å². The van der Waals surface area contributed by atoms with E-state index >= 15 is 0 Å². The number of quaternary nitrogens is 1. The molecule has 2 heterocycles. The number of nitrogens with one attached hydrogen (secondary N) is 2. The fourth-order valence-corrected chi connectivity index (χ4v) is 3.83. The van der Waals surface area contributed by atoms with Crippen LogP contribution >= 0.6 is 0 Å². The van der Waals surface area contributed by atoms with Crippen LogP contribution in [-0.4, -0.2) is 62.0 Å². The molecule has 1 aromatic heterocycles. The topological polar surface area (TPSA) is 69.8 Å². The Bertz CT molecular complexity index is 1010. The lowest BCUT2D eigenvalue weighted by molar-refractivity contribution is -0.906. The molecule has 29 heavy (non-hydrogen) atoms. The average molecular weight is 395 g/mol. The van der Waals surface area contributed by atoms with Gasteiger partial charge in [0.25, 0.3) is 5.91 Å². The molecule has 7 nitrogen and oxygen atoms in total. The Balaban J connectivity index is 1.52. The molecular formula is C22H27N4O3+. The lowest BCUT2D eigenvalue weighted by Gasteiger charge is -2.23. The van der Waals surface area contributed by atoms with E-state index in [9.17, 15) is 4.79 Å². The second kappa shape index (κ2) is 8.63. The zero-order chi connectivity index (χ0) is 20.2. The van der Waals surface area contributed by atoms with E-state index in [1.807, 2.05) is 49.4 Å². The van der Waals surface area contributed by atoms with E-state index in [4.69, 9.17) is 9.47 Å². The number of methoxy groups -OCH3 is 1. The average Bonchev–Trinajstić information content (AvgIpc) is 3.09. The molecule has 3 aromatic rings. The molecule has 152 valence electrons. The highest BCUT2D eigenvalue weighted by Gasteiger charge is 2.16. The van der Waals surface area contributed by atoms with Crippen LogP contribution in [0, 0.1) is 6.92 Å². The fraction of sp³-hybridized carbons (Fsp3) is 0.364. The first-order chi connectivity index (χ1) is 14.2. The van der Waals surface area contributed by atoms with Crippen molar-refractivity contribution in [2.45, 2.75) is 6.92 Å². The number of imidazole rings is 1. The van der Waals surface area contributed by atoms with Crippen molar-refractivity contribution in [3.63, 3.8) is 0 Å². The lowest BCUT2D eigenvalue weighted by Crippen LogP contribution is -3.14. The third-order valence-electron chi connectivity index (χ3n) is 5.37. The highest BCUT2D eigenvalue weighted by molar-refractivity contribution is 5.97. The molecule has 0 atom stereocenters. The predicted molar refractivity (Wildman–Crippen MR) is 111 cm³/mol. The summed E-state index contributed by atoms with van der Waals surface area (Å²) >= 11 is 0. The first-order valence-electron chi connectivity index (χ1n) is 9.99. The molecule has 0 aliphatic carbocycles. The van der Waals surface area contributed by atoms with Crippen molar-refractivity contribution in [2.24, 2.45) is 0 Å². The number of amides is 1. The molecular weight excluding hydrogens is 368 g/mol. The molecule has 7 heteroatoms. The Morgan fingerprint density at radius 2 is 2.03 bits per heavy atom. The number of para-hydroxylation sites is 2. The SMILES string of the molecule is COc1ccccc1-n1c(C)nc2cc(C(=O)NCC[NH+]3CCOCC3)ccc21. The number of rotatable bonds is 6. The number of carbonyl (C=O) groups excluding carboxylic acids is 1. The van der Waals surface area contributed by atoms with Crippen molar-refractivity contribution in [2.75, 3.05) is 46.5 Å². The molecule has 1 aliphatic rings. The Morgan fingerprint density at radius 1 is 1.24 bits per heavy atom. The molecule has 0 saturated carbocycles. The summed E-state index contributed by atoms with van der Waals surface area (Å²) in [5.41, 5.74) is 3.29. The monoisotopic (exact) mass is 395 g/mol. The van der Waals surface area contributed by atoms with E-state index in [1.54, 1.807) is 7.11 Å². The number of nitrogens with zero attached hydrogens (tertiary/aromatic N) is 2. The standard InChI is InChI=1S/C22H26N4O3/c1-16-24-18-15-17(22(27)23-9-10-25-11-13-29-14-12-25)7-8-19(18)26(16)20-5-3-4-6-21(20)28-2/h3-8,15H,9-14H2,1-2H3,(H,23,27)/p+1. The third-order valence-corrected chi connectivity index (χ3v) is 5.37. The second-order valence-corrected chi connectivity index (χ2v) is 7.24. The zero-order valence-corrected chi connectivity index (χ0v) is 16.9. The summed E-state index contributed by atoms with van der Waals surface area (Å²) in [4.78, 5) is 18.7. The Morgan fingerprint density at radius 3 is 2.83 bits per heavy atom. The molecule has 0 unspecified atom stereocenters. The number of aryl methyl sites for hydroxylation is 1. The van der Waals surface area contributed by atoms with Crippen LogP contribution in [-0.2, 0) is 4.74 Å². The van der Waals surface area contributed by atoms with Crippen molar-refractivity contribution < 1.29 is 19.2 Å². The Kier molecular flexibility index (Phi) is 5.78. The van der Waals surface area contributed by atoms with Crippen LogP contribution in [0.25, 0.3) is 16.7 Å². The van der Waals surface area contributed by atoms with Gasteiger partial charge in [0.15, 0.2) is 0 Å². The van der Waals surface area contributed by atoms with Gasteiger partial charge in [-0.15, -0.1) is 0 Å². The maximum Gasteiger partial charge on any atom is 0.251 e. The van der Waals surface area contributed by atoms with Gasteiger partial charge in [-0.3, -0.25) is 9.36 Å². The summed E-state index contributed by atoms with van der Waals surface area (Å²) in [6.45, 7) is 7.13. The van der Waals surface area contributed by atoms with Gasteiger partial charge in [0, 0.05) is 5.56 Å². The van der Waals surface area contributed by atoms with Crippen molar-refractivity contribution in [3.8, 4) is 11.4 Å². The largest absolute Gasteiger partial charge is 0.495 e. The number of aromatic nitrogens is 2. The summed E-state index contributed by atoms with van der Waals surface area (Å²) in [6.07, 6.45) is 0. The van der Waals surface area contributed by atoms with Crippen molar-refractivity contribution >= 4 is 16.9 Å². The van der Waals surface area contributed by atoms with Crippen LogP contribution in [0.4, 0.5) is 0 Å². The molecule has 1 fully saturated rings. The van der Waals surface area contributed by atoms with Crippen LogP contribution < -0.4 is 15.0 Å². The summed E-state index contributed by atoms with van der Waals surface area (Å²) < 4.78 is 12.9. The Hall–Kier alpha value is -2.90. The number of morpholine rings is 1. The number of hydrogen-bond acceptors (Lipinski definition) is 4. The van der Waals surface area contributed by atoms with Gasteiger partial charge in [0.2, 0.25) is 0 Å². The first kappa shape index (κ1) is 19.4. The first-order valence-corrected chi connectivity index (χ1v) is 9.99. The van der Waals surface area contributed by atoms with Gasteiger partial charge in [0.05, 0.1) is 50.1 Å². The third kappa shape index (κ3) is 4.11. The van der Waals surface area contributed by atoms with Crippen LogP contribution in [0.5, 0.6) is 5.75 Å². The number of ether oxygens (including phenoxy) is 2. The van der Waals surface area contributed by atoms with Crippen molar-refractivity contribution in [1.82, 2.24) is 14.9 Å². The zero-order valence-electron chi connectivity index (χ0n) is 16.9. The summed E-state index contributed by atoms with van der Waals surface area (Å²) in [5.74, 6) is 1.56. The normalized spacial score (nSPS) is 14.8. The minimum Gasteiger partial charge on any atom is -0.495 e. The smallest absolute Gasteiger partial charge is 0.251 e. The maximum atomic E-state index is 12.6. The van der Waals surface area contributed by atoms with Gasteiger partial charge in [-0.25, -0.2) is 4.98 Å². The predicted octanol–water partition coefficient (Wildman–Crippen LogP) is 0.987. The van der Waals surface area contributed by atoms with E-state index in [-0.39, 0.29) is 5.91 Å². The number of fused-ring (bicyclic) bond motifs is 1. The van der Waals surface area contributed by atoms with E-state index in [0.29, 0.717) is 12.1 Å². The summed E-state index contributed by atoms with van der Waals surface area (Å²) in [6, 6.07) is 13.5. The highest BCUT2D eigenvalue weighted by atomic mass is 16.5. The van der Waals surface area contributed by atoms with Gasteiger partial charge < -0.3 is 19.7 Å². The van der Waals surface area contributed by atoms with Crippen LogP contribution in [0.2, 0.25) is 0 Å². The fourth-order valence-electron chi connectivity index (χ4n) is 3.83. The quantitative estimate of drug-likeness (QED) is 0.653. The Labute approximate surface area is 170 Å². The molecule has 0 bridgehead atoms. The maximum absolute atomic E-state index is 12.6. The van der Waals surface area contributed by atoms with Crippen LogP contribution in [0.3, 0.4) is 0 Å². The number of hydrogen-bond donors (Lipinski definition) is 2. The molecule has 2 N–H and O–H groups in total. The van der Waals surface area contributed by atoms with Crippen LogP contribution in [0.1, 0.15) is 16.2 Å². The van der Waals surface area contributed by atoms with Gasteiger partial charge in [-0.1, -0.05) is 12.1 Å². The molecule has 4 rings (SSSR count). The van der Waals surface area contributed by atoms with Gasteiger partial charge in [-0.2, -0.15) is 0 Å². The van der Waals surface area contributed by atoms with Crippen LogP contribution in [0.15, 0.2) is 42.5 Å². The molecule has 0 spiro atoms. The van der Waals surface area contributed by atoms with Gasteiger partial charge in [0.1, 0.15) is 24.7 Å². The molecule has 1 amide bonds. The molecule has 1 aliphatic heterocycles. The van der Waals surface area contributed by atoms with E-state index in [2.05, 4.69) is 14.9 Å². The van der Waals surface area contributed by atoms with E-state index in [1.165, 1.54) is 4.90 Å². The van der Waals surface area contributed by atoms with E-state index in [0.717, 1.165) is 61.1 Å². The molecule has 2 aromatic carbocycles. The minimum absolute atomic E-state index is 0.0657. The number of carbonyl (C=O) groups is 1. The van der Waals surface area contributed by atoms with E-state index < -0.39 is 0 Å². The number of benzene rings is 2. The van der Waals surface area contributed by atoms with Crippen molar-refractivity contribution in [3.05, 3.63) is 53.9 Å². The molecule has 1 saturated heterocycles. The second-order valence-electron chi connectivity index (χ2n) is 7.24. The van der Waals surface area contributed by atoms with Gasteiger partial charge in [-0.05, 0) is 37.3 Å². The minimum atomic E-state index is -0.0657. The lowest BCUT2D eigenvalue weighted by atomic mass is 10.2. The highest BCUT2D eigenvalue weighted by Crippen LogP contribution is 2.28. The molecule has 0 radical (unpaired) electrons. The summed E-state index contributed by atoms with van der Waals surface area (Å²) in [7, 11) is 1.66. The summed E-state index contributed by atoms with van der Waals surface area (Å²) in [5, 5.41) is 3.03. The van der Waals surface area contributed by atoms with Gasteiger partial charge >= 0.3 is 0 Å².